The van der Waals surface area contributed by atoms with Crippen LogP contribution in [0.25, 0.3) is 22.5 Å². The van der Waals surface area contributed by atoms with Gasteiger partial charge in [-0.25, -0.2) is 4.79 Å². The number of aromatic nitrogens is 1. The van der Waals surface area contributed by atoms with Gasteiger partial charge in [-0.1, -0.05) is 58.4 Å². The van der Waals surface area contributed by atoms with Gasteiger partial charge in [0.1, 0.15) is 0 Å². The summed E-state index contributed by atoms with van der Waals surface area (Å²) >= 11 is 3.43. The van der Waals surface area contributed by atoms with Crippen molar-refractivity contribution in [3.8, 4) is 22.5 Å². The number of carbonyl (C=O) groups excluding carboxylic acids is 1. The molecule has 23 heavy (non-hydrogen) atoms. The smallest absolute Gasteiger partial charge is 0.340 e. The fourth-order valence-corrected chi connectivity index (χ4v) is 2.71. The zero-order valence-corrected chi connectivity index (χ0v) is 14.3. The molecule has 1 aromatic heterocycles. The van der Waals surface area contributed by atoms with Gasteiger partial charge >= 0.3 is 5.97 Å². The maximum Gasteiger partial charge on any atom is 0.340 e. The van der Waals surface area contributed by atoms with E-state index in [1.165, 1.54) is 0 Å². The number of H-pyrrole nitrogens is 1. The highest BCUT2D eigenvalue weighted by Gasteiger charge is 2.18. The third-order valence-electron chi connectivity index (χ3n) is 3.53. The summed E-state index contributed by atoms with van der Waals surface area (Å²) in [7, 11) is 0. The summed E-state index contributed by atoms with van der Waals surface area (Å²) in [5.41, 5.74) is 4.19. The highest BCUT2D eigenvalue weighted by Crippen LogP contribution is 2.30. The van der Waals surface area contributed by atoms with Crippen LogP contribution < -0.4 is 0 Å². The highest BCUT2D eigenvalue weighted by molar-refractivity contribution is 9.10. The van der Waals surface area contributed by atoms with Gasteiger partial charge in [-0.05, 0) is 36.2 Å². The summed E-state index contributed by atoms with van der Waals surface area (Å²) in [6.07, 6.45) is 0. The number of halogens is 1. The van der Waals surface area contributed by atoms with Crippen molar-refractivity contribution in [2.24, 2.45) is 0 Å². The van der Waals surface area contributed by atoms with Gasteiger partial charge in [0, 0.05) is 10.2 Å². The summed E-state index contributed by atoms with van der Waals surface area (Å²) in [4.78, 5) is 15.6. The van der Waals surface area contributed by atoms with E-state index < -0.39 is 0 Å². The van der Waals surface area contributed by atoms with Crippen LogP contribution in [-0.2, 0) is 4.74 Å². The van der Waals surface area contributed by atoms with Gasteiger partial charge in [-0.15, -0.1) is 0 Å². The van der Waals surface area contributed by atoms with E-state index in [-0.39, 0.29) is 5.97 Å². The molecule has 0 spiro atoms. The number of carbonyl (C=O) groups is 1. The Bertz CT molecular complexity index is 807. The van der Waals surface area contributed by atoms with Gasteiger partial charge in [0.25, 0.3) is 0 Å². The normalized spacial score (nSPS) is 10.5. The number of hydrogen-bond acceptors (Lipinski definition) is 2. The second kappa shape index (κ2) is 6.84. The molecule has 116 valence electrons. The summed E-state index contributed by atoms with van der Waals surface area (Å²) < 4.78 is 6.21. The Morgan fingerprint density at radius 2 is 1.74 bits per heavy atom. The maximum absolute atomic E-state index is 12.3. The lowest BCUT2D eigenvalue weighted by Gasteiger charge is -2.03. The topological polar surface area (TPSA) is 42.1 Å². The molecule has 3 rings (SSSR count). The Balaban J connectivity index is 2.10. The molecule has 0 radical (unpaired) electrons. The Labute approximate surface area is 143 Å². The summed E-state index contributed by atoms with van der Waals surface area (Å²) in [5.74, 6) is -0.314. The first-order valence-corrected chi connectivity index (χ1v) is 8.20. The Morgan fingerprint density at radius 3 is 2.39 bits per heavy atom. The molecule has 3 nitrogen and oxygen atoms in total. The Morgan fingerprint density at radius 1 is 1.04 bits per heavy atom. The molecular formula is C19H16BrNO2. The first-order chi connectivity index (χ1) is 11.2. The van der Waals surface area contributed by atoms with Crippen molar-refractivity contribution in [2.45, 2.75) is 6.92 Å². The van der Waals surface area contributed by atoms with Crippen molar-refractivity contribution < 1.29 is 9.53 Å². The summed E-state index contributed by atoms with van der Waals surface area (Å²) in [5, 5.41) is 0. The van der Waals surface area contributed by atoms with Crippen LogP contribution in [0.2, 0.25) is 0 Å². The van der Waals surface area contributed by atoms with Gasteiger partial charge in [0.15, 0.2) is 0 Å². The third kappa shape index (κ3) is 3.37. The number of hydrogen-bond donors (Lipinski definition) is 1. The number of esters is 1. The van der Waals surface area contributed by atoms with E-state index in [4.69, 9.17) is 4.74 Å². The Kier molecular flexibility index (Phi) is 4.63. The molecule has 0 bridgehead atoms. The average molecular weight is 370 g/mol. The first kappa shape index (κ1) is 15.6. The molecule has 0 fully saturated rings. The Hall–Kier alpha value is -2.33. The van der Waals surface area contributed by atoms with Crippen LogP contribution in [0.3, 0.4) is 0 Å². The highest BCUT2D eigenvalue weighted by atomic mass is 79.9. The average Bonchev–Trinajstić information content (AvgIpc) is 3.02. The van der Waals surface area contributed by atoms with E-state index in [0.717, 1.165) is 27.0 Å². The minimum atomic E-state index is -0.314. The molecule has 4 heteroatoms. The number of nitrogens with one attached hydrogen (secondary N) is 1. The van der Waals surface area contributed by atoms with Crippen LogP contribution in [0.15, 0.2) is 65.1 Å². The molecule has 0 atom stereocenters. The lowest BCUT2D eigenvalue weighted by Crippen LogP contribution is -2.04. The van der Waals surface area contributed by atoms with Crippen LogP contribution in [-0.4, -0.2) is 17.6 Å². The van der Waals surface area contributed by atoms with Crippen LogP contribution in [0.5, 0.6) is 0 Å². The molecule has 0 aliphatic heterocycles. The molecule has 3 aromatic rings. The van der Waals surface area contributed by atoms with Crippen LogP contribution >= 0.6 is 15.9 Å². The van der Waals surface area contributed by atoms with Crippen molar-refractivity contribution in [3.05, 3.63) is 70.7 Å². The maximum atomic E-state index is 12.3. The van der Waals surface area contributed by atoms with Crippen LogP contribution in [0.1, 0.15) is 17.3 Å². The molecule has 0 amide bonds. The quantitative estimate of drug-likeness (QED) is 0.635. The predicted octanol–water partition coefficient (Wildman–Crippen LogP) is 5.29. The second-order valence-electron chi connectivity index (χ2n) is 5.07. The van der Waals surface area contributed by atoms with Crippen molar-refractivity contribution in [1.82, 2.24) is 4.98 Å². The second-order valence-corrected chi connectivity index (χ2v) is 5.98. The van der Waals surface area contributed by atoms with Crippen LogP contribution in [0.4, 0.5) is 0 Å². The number of benzene rings is 2. The largest absolute Gasteiger partial charge is 0.462 e. The molecular weight excluding hydrogens is 354 g/mol. The fourth-order valence-electron chi connectivity index (χ4n) is 2.44. The van der Waals surface area contributed by atoms with Gasteiger partial charge < -0.3 is 9.72 Å². The van der Waals surface area contributed by atoms with Crippen molar-refractivity contribution in [1.29, 1.82) is 0 Å². The van der Waals surface area contributed by atoms with E-state index in [9.17, 15) is 4.79 Å². The van der Waals surface area contributed by atoms with Gasteiger partial charge in [0.05, 0.1) is 17.9 Å². The zero-order valence-electron chi connectivity index (χ0n) is 12.7. The molecule has 0 saturated carbocycles. The lowest BCUT2D eigenvalue weighted by atomic mass is 10.1. The van der Waals surface area contributed by atoms with E-state index in [1.807, 2.05) is 67.6 Å². The minimum absolute atomic E-state index is 0.314. The molecule has 0 unspecified atom stereocenters. The SMILES string of the molecule is CCOC(=O)c1cc(-c2ccc(Br)cc2)[nH]c1-c1ccccc1. The number of aromatic amines is 1. The molecule has 1 N–H and O–H groups in total. The van der Waals surface area contributed by atoms with Crippen LogP contribution in [0, 0.1) is 0 Å². The van der Waals surface area contributed by atoms with E-state index in [1.54, 1.807) is 0 Å². The predicted molar refractivity (Wildman–Crippen MR) is 95.3 cm³/mol. The van der Waals surface area contributed by atoms with E-state index >= 15 is 0 Å². The fraction of sp³-hybridized carbons (Fsp3) is 0.105. The zero-order chi connectivity index (χ0) is 16.2. The minimum Gasteiger partial charge on any atom is -0.462 e. The molecule has 0 saturated heterocycles. The number of ether oxygens (including phenoxy) is 1. The van der Waals surface area contributed by atoms with Gasteiger partial charge in [-0.3, -0.25) is 0 Å². The molecule has 2 aromatic carbocycles. The third-order valence-corrected chi connectivity index (χ3v) is 4.06. The van der Waals surface area contributed by atoms with Crippen molar-refractivity contribution >= 4 is 21.9 Å². The summed E-state index contributed by atoms with van der Waals surface area (Å²) in [6, 6.07) is 19.6. The van der Waals surface area contributed by atoms with E-state index in [2.05, 4.69) is 20.9 Å². The number of rotatable bonds is 4. The van der Waals surface area contributed by atoms with E-state index in [0.29, 0.717) is 12.2 Å². The summed E-state index contributed by atoms with van der Waals surface area (Å²) in [6.45, 7) is 2.16. The molecule has 0 aliphatic rings. The lowest BCUT2D eigenvalue weighted by molar-refractivity contribution is 0.0527. The van der Waals surface area contributed by atoms with Gasteiger partial charge in [0.2, 0.25) is 0 Å². The van der Waals surface area contributed by atoms with Crippen molar-refractivity contribution in [3.63, 3.8) is 0 Å². The molecule has 0 aliphatic carbocycles. The first-order valence-electron chi connectivity index (χ1n) is 7.40. The molecule has 1 heterocycles. The monoisotopic (exact) mass is 369 g/mol. The van der Waals surface area contributed by atoms with Crippen molar-refractivity contribution in [2.75, 3.05) is 6.61 Å². The van der Waals surface area contributed by atoms with Gasteiger partial charge in [-0.2, -0.15) is 0 Å². The standard InChI is InChI=1S/C19H16BrNO2/c1-2-23-19(22)16-12-17(13-8-10-15(20)11-9-13)21-18(16)14-6-4-3-5-7-14/h3-12,21H,2H2,1H3.